The molecule has 0 spiro atoms. The molecule has 2 fully saturated rings. The molecule has 3 aliphatic rings. The number of phenolic OH excluding ortho intramolecular Hbond substituents is 1. The average molecular weight is 942 g/mol. The Labute approximate surface area is 402 Å². The Morgan fingerprint density at radius 2 is 1.83 bits per heavy atom. The summed E-state index contributed by atoms with van der Waals surface area (Å²) < 4.78 is 14.2. The molecule has 6 heterocycles. The van der Waals surface area contributed by atoms with Gasteiger partial charge in [-0.15, -0.1) is 0 Å². The van der Waals surface area contributed by atoms with Crippen molar-refractivity contribution in [3.63, 3.8) is 0 Å². The number of aromatic nitrogens is 3. The van der Waals surface area contributed by atoms with Gasteiger partial charge < -0.3 is 40.0 Å². The summed E-state index contributed by atoms with van der Waals surface area (Å²) >= 11 is 0. The van der Waals surface area contributed by atoms with E-state index in [4.69, 9.17) is 14.5 Å². The summed E-state index contributed by atoms with van der Waals surface area (Å²) in [4.78, 5) is 79.8. The Morgan fingerprint density at radius 3 is 2.52 bits per heavy atom. The van der Waals surface area contributed by atoms with Crippen molar-refractivity contribution < 1.29 is 38.6 Å². The third-order valence-electron chi connectivity index (χ3n) is 13.3. The zero-order valence-electron chi connectivity index (χ0n) is 40.6. The Hall–Kier alpha value is -6.69. The highest BCUT2D eigenvalue weighted by molar-refractivity contribution is 5.99. The van der Waals surface area contributed by atoms with E-state index in [0.29, 0.717) is 49.2 Å². The number of carbonyl (C=O) groups excluding carboxylic acids is 5. The van der Waals surface area contributed by atoms with Crippen LogP contribution in [0.4, 0.5) is 5.69 Å². The molecule has 1 unspecified atom stereocenters. The molecule has 364 valence electrons. The van der Waals surface area contributed by atoms with Crippen LogP contribution in [0.3, 0.4) is 0 Å². The molecule has 0 radical (unpaired) electrons. The number of cyclic esters (lactones) is 1. The molecule has 2 saturated heterocycles. The summed E-state index contributed by atoms with van der Waals surface area (Å²) in [7, 11) is 3.18. The summed E-state index contributed by atoms with van der Waals surface area (Å²) in [5, 5.41) is 22.4. The SMILES string of the molecule is CCn1c(-c2cccnc2[C@H](C)OC)c2c3cc(ccc31)-c1cc(O)cc(c1)C[C@H](NC(=O)C(C(C)C)N(C)C(=O)c1ccc(NC(=O)[C@H]3CN3)cn1)C(=O)N1CCC[C@H](N1)C(=O)OCC(C)(C)C2. The maximum Gasteiger partial charge on any atom is 0.324 e. The molecule has 5 N–H and O–H groups in total. The molecule has 6 bridgehead atoms. The molecule has 5 aromatic rings. The lowest BCUT2D eigenvalue weighted by molar-refractivity contribution is -0.155. The summed E-state index contributed by atoms with van der Waals surface area (Å²) in [5.74, 6) is -2.73. The van der Waals surface area contributed by atoms with Gasteiger partial charge in [0.25, 0.3) is 11.8 Å². The second-order valence-electron chi connectivity index (χ2n) is 19.5. The van der Waals surface area contributed by atoms with E-state index in [0.717, 1.165) is 39.0 Å². The number of likely N-dealkylation sites (N-methyl/N-ethyl adjacent to an activating group) is 1. The normalized spacial score (nSPS) is 20.1. The number of methoxy groups -OCH3 is 1. The fourth-order valence-electron chi connectivity index (χ4n) is 9.62. The second-order valence-corrected chi connectivity index (χ2v) is 19.5. The van der Waals surface area contributed by atoms with E-state index in [2.05, 4.69) is 69.9 Å². The molecular formula is C52H63N9O8. The Balaban J connectivity index is 1.17. The van der Waals surface area contributed by atoms with Gasteiger partial charge >= 0.3 is 5.97 Å². The first-order valence-corrected chi connectivity index (χ1v) is 23.7. The summed E-state index contributed by atoms with van der Waals surface area (Å²) in [6, 6.07) is 15.1. The molecule has 5 atom stereocenters. The number of pyridine rings is 2. The van der Waals surface area contributed by atoms with Gasteiger partial charge in [0.15, 0.2) is 0 Å². The zero-order valence-corrected chi connectivity index (χ0v) is 40.6. The standard InChI is InChI=1S/C52H63N9O8/c1-9-60-43-17-14-32-24-37(43)38(46(60)36-12-10-18-53-44(36)30(4)68-8)25-52(5,6)28-69-51(67)40-13-11-19-61(58-40)50(66)41(22-31-20-33(32)23-35(62)21-31)57-48(64)45(29(2)3)59(7)49(65)39-16-15-34(26-54-39)56-47(63)42-27-55-42/h10,12,14-18,20-21,23-24,26,29-30,40-42,45,55,58,62H,9,11,13,19,22,25,27-28H2,1-8H3,(H,56,63)(H,57,64)/t30-,40-,41-,42+,45?/m0/s1. The third-order valence-corrected chi connectivity index (χ3v) is 13.3. The first-order valence-electron chi connectivity index (χ1n) is 23.7. The van der Waals surface area contributed by atoms with Gasteiger partial charge in [0.05, 0.1) is 42.0 Å². The lowest BCUT2D eigenvalue weighted by Gasteiger charge is -2.36. The van der Waals surface area contributed by atoms with Gasteiger partial charge in [-0.05, 0) is 110 Å². The van der Waals surface area contributed by atoms with E-state index in [9.17, 15) is 29.1 Å². The van der Waals surface area contributed by atoms with E-state index in [-0.39, 0.29) is 49.1 Å². The molecule has 8 rings (SSSR count). The van der Waals surface area contributed by atoms with Crippen molar-refractivity contribution in [1.82, 2.24) is 40.5 Å². The zero-order chi connectivity index (χ0) is 49.3. The first-order chi connectivity index (χ1) is 33.0. The monoisotopic (exact) mass is 941 g/mol. The molecule has 69 heavy (non-hydrogen) atoms. The minimum Gasteiger partial charge on any atom is -0.508 e. The van der Waals surface area contributed by atoms with Gasteiger partial charge in [0.1, 0.15) is 29.6 Å². The fourth-order valence-corrected chi connectivity index (χ4v) is 9.62. The number of hydrazine groups is 1. The largest absolute Gasteiger partial charge is 0.508 e. The maximum atomic E-state index is 14.7. The van der Waals surface area contributed by atoms with Gasteiger partial charge in [-0.25, -0.2) is 10.4 Å². The maximum absolute atomic E-state index is 14.7. The molecule has 4 amide bonds. The number of nitrogens with zero attached hydrogens (tertiary/aromatic N) is 5. The minimum absolute atomic E-state index is 0.0251. The van der Waals surface area contributed by atoms with Gasteiger partial charge in [-0.3, -0.25) is 34.0 Å². The number of fused-ring (bicyclic) bond motifs is 6. The van der Waals surface area contributed by atoms with Crippen LogP contribution in [0.15, 0.2) is 73.1 Å². The number of amides is 4. The van der Waals surface area contributed by atoms with Crippen molar-refractivity contribution in [2.45, 2.75) is 104 Å². The van der Waals surface area contributed by atoms with Gasteiger partial charge in [0, 0.05) is 68.3 Å². The van der Waals surface area contributed by atoms with Crippen LogP contribution >= 0.6 is 0 Å². The van der Waals surface area contributed by atoms with Gasteiger partial charge in [-0.1, -0.05) is 39.8 Å². The number of benzene rings is 2. The Bertz CT molecular complexity index is 2770. The van der Waals surface area contributed by atoms with E-state index in [1.165, 1.54) is 29.2 Å². The van der Waals surface area contributed by atoms with Crippen molar-refractivity contribution in [3.8, 4) is 28.1 Å². The quantitative estimate of drug-likeness (QED) is 0.0813. The summed E-state index contributed by atoms with van der Waals surface area (Å²) in [5.41, 5.74) is 9.93. The first kappa shape index (κ1) is 48.8. The third kappa shape index (κ3) is 10.5. The number of rotatable bonds is 11. The Morgan fingerprint density at radius 1 is 1.04 bits per heavy atom. The number of aromatic hydroxyl groups is 1. The Kier molecular flexibility index (Phi) is 14.2. The number of hydrogen-bond donors (Lipinski definition) is 5. The molecule has 3 aromatic heterocycles. The molecule has 0 aliphatic carbocycles. The van der Waals surface area contributed by atoms with Crippen LogP contribution in [-0.2, 0) is 48.0 Å². The van der Waals surface area contributed by atoms with Crippen LogP contribution in [0.2, 0.25) is 0 Å². The van der Waals surface area contributed by atoms with Crippen molar-refractivity contribution in [2.75, 3.05) is 39.2 Å². The molecular weight excluding hydrogens is 879 g/mol. The number of esters is 1. The van der Waals surface area contributed by atoms with E-state index >= 15 is 0 Å². The highest BCUT2D eigenvalue weighted by atomic mass is 16.5. The predicted octanol–water partition coefficient (Wildman–Crippen LogP) is 5.55. The lowest BCUT2D eigenvalue weighted by atomic mass is 9.84. The number of ether oxygens (including phenoxy) is 2. The van der Waals surface area contributed by atoms with Crippen LogP contribution in [0.1, 0.15) is 87.8 Å². The van der Waals surface area contributed by atoms with Crippen LogP contribution < -0.4 is 21.4 Å². The van der Waals surface area contributed by atoms with E-state index in [1.807, 2.05) is 25.1 Å². The molecule has 17 nitrogen and oxygen atoms in total. The van der Waals surface area contributed by atoms with Gasteiger partial charge in [0.2, 0.25) is 11.8 Å². The second kappa shape index (κ2) is 20.1. The predicted molar refractivity (Wildman–Crippen MR) is 261 cm³/mol. The van der Waals surface area contributed by atoms with Gasteiger partial charge in [-0.2, -0.15) is 0 Å². The highest BCUT2D eigenvalue weighted by Crippen LogP contribution is 2.42. The van der Waals surface area contributed by atoms with Crippen LogP contribution in [-0.4, -0.2) is 117 Å². The van der Waals surface area contributed by atoms with Crippen molar-refractivity contribution in [3.05, 3.63) is 95.6 Å². The number of hydrogen-bond acceptors (Lipinski definition) is 12. The van der Waals surface area contributed by atoms with E-state index in [1.54, 1.807) is 45.4 Å². The number of carbonyl (C=O) groups is 5. The number of anilines is 1. The van der Waals surface area contributed by atoms with Crippen LogP contribution in [0.25, 0.3) is 33.3 Å². The average Bonchev–Trinajstić information content (AvgIpc) is 4.15. The highest BCUT2D eigenvalue weighted by Gasteiger charge is 2.38. The fraction of sp³-hybridized carbons (Fsp3) is 0.442. The molecule has 3 aliphatic heterocycles. The molecule has 17 heteroatoms. The van der Waals surface area contributed by atoms with Crippen molar-refractivity contribution in [2.24, 2.45) is 11.3 Å². The van der Waals surface area contributed by atoms with Crippen LogP contribution in [0, 0.1) is 11.3 Å². The number of nitrogens with one attached hydrogen (secondary N) is 4. The summed E-state index contributed by atoms with van der Waals surface area (Å²) in [6.45, 7) is 13.4. The van der Waals surface area contributed by atoms with Crippen molar-refractivity contribution in [1.29, 1.82) is 0 Å². The van der Waals surface area contributed by atoms with Crippen molar-refractivity contribution >= 4 is 46.2 Å². The smallest absolute Gasteiger partial charge is 0.324 e. The summed E-state index contributed by atoms with van der Waals surface area (Å²) in [6.07, 6.45) is 4.29. The number of aryl methyl sites for hydroxylation is 1. The minimum atomic E-state index is -1.20. The topological polar surface area (TPSA) is 219 Å². The van der Waals surface area contributed by atoms with E-state index < -0.39 is 53.1 Å². The van der Waals surface area contributed by atoms with Crippen LogP contribution in [0.5, 0.6) is 5.75 Å². The number of phenols is 1. The lowest BCUT2D eigenvalue weighted by Crippen LogP contribution is -2.62. The molecule has 2 aromatic carbocycles. The molecule has 0 saturated carbocycles.